The number of hydrogen-bond acceptors (Lipinski definition) is 5. The number of aryl methyl sites for hydroxylation is 1. The fraction of sp³-hybridized carbons (Fsp3) is 0.524. The number of ether oxygens (including phenoxy) is 1. The van der Waals surface area contributed by atoms with Crippen LogP contribution in [0.15, 0.2) is 24.3 Å². The van der Waals surface area contributed by atoms with E-state index in [1.807, 2.05) is 26.0 Å². The maximum Gasteiger partial charge on any atom is 0.305 e. The summed E-state index contributed by atoms with van der Waals surface area (Å²) in [5.74, 6) is -1.30. The Bertz CT molecular complexity index is 688. The van der Waals surface area contributed by atoms with Gasteiger partial charge in [-0.05, 0) is 31.9 Å². The third-order valence-electron chi connectivity index (χ3n) is 4.25. The van der Waals surface area contributed by atoms with Gasteiger partial charge in [0.2, 0.25) is 17.7 Å². The van der Waals surface area contributed by atoms with Crippen LogP contribution in [0.2, 0.25) is 0 Å². The number of rotatable bonds is 12. The third-order valence-corrected chi connectivity index (χ3v) is 4.25. The van der Waals surface area contributed by atoms with Crippen LogP contribution in [0.1, 0.15) is 44.6 Å². The van der Waals surface area contributed by atoms with E-state index in [2.05, 4.69) is 15.4 Å². The van der Waals surface area contributed by atoms with Crippen molar-refractivity contribution in [2.24, 2.45) is 0 Å². The number of nitrogens with one attached hydrogen (secondary N) is 2. The second-order valence-electron chi connectivity index (χ2n) is 6.79. The first-order chi connectivity index (χ1) is 13.8. The number of carbonyl (C=O) groups excluding carboxylic acids is 4. The molecule has 0 spiro atoms. The van der Waals surface area contributed by atoms with Crippen LogP contribution in [0.4, 0.5) is 5.69 Å². The van der Waals surface area contributed by atoms with E-state index in [4.69, 9.17) is 0 Å². The van der Waals surface area contributed by atoms with Gasteiger partial charge in [-0.3, -0.25) is 19.2 Å². The van der Waals surface area contributed by atoms with Crippen LogP contribution in [-0.4, -0.2) is 55.3 Å². The molecule has 0 heterocycles. The fourth-order valence-electron chi connectivity index (χ4n) is 2.54. The molecule has 2 N–H and O–H groups in total. The van der Waals surface area contributed by atoms with Crippen molar-refractivity contribution in [3.05, 3.63) is 29.8 Å². The normalized spacial score (nSPS) is 10.2. The van der Waals surface area contributed by atoms with E-state index in [0.29, 0.717) is 18.7 Å². The Morgan fingerprint density at radius 2 is 1.69 bits per heavy atom. The summed E-state index contributed by atoms with van der Waals surface area (Å²) in [6, 6.07) is 7.33. The highest BCUT2D eigenvalue weighted by Crippen LogP contribution is 2.08. The lowest BCUT2D eigenvalue weighted by molar-refractivity contribution is -0.141. The first-order valence-corrected chi connectivity index (χ1v) is 9.83. The van der Waals surface area contributed by atoms with Crippen LogP contribution in [0, 0.1) is 6.92 Å². The molecule has 3 amide bonds. The molecule has 8 nitrogen and oxygen atoms in total. The largest absolute Gasteiger partial charge is 0.469 e. The van der Waals surface area contributed by atoms with Gasteiger partial charge in [0, 0.05) is 25.1 Å². The predicted octanol–water partition coefficient (Wildman–Crippen LogP) is 2.02. The Morgan fingerprint density at radius 1 is 1.00 bits per heavy atom. The summed E-state index contributed by atoms with van der Waals surface area (Å²) in [5, 5.41) is 5.24. The summed E-state index contributed by atoms with van der Waals surface area (Å²) in [4.78, 5) is 49.2. The highest BCUT2D eigenvalue weighted by Gasteiger charge is 2.17. The second-order valence-corrected chi connectivity index (χ2v) is 6.79. The molecular weight excluding hydrogens is 374 g/mol. The van der Waals surface area contributed by atoms with E-state index in [0.717, 1.165) is 18.4 Å². The van der Waals surface area contributed by atoms with Gasteiger partial charge in [0.15, 0.2) is 0 Å². The summed E-state index contributed by atoms with van der Waals surface area (Å²) < 4.78 is 4.56. The van der Waals surface area contributed by atoms with Gasteiger partial charge in [-0.25, -0.2) is 0 Å². The number of hydrogen-bond donors (Lipinski definition) is 2. The summed E-state index contributed by atoms with van der Waals surface area (Å²) in [6.07, 6.45) is 2.35. The van der Waals surface area contributed by atoms with E-state index < -0.39 is 5.91 Å². The average molecular weight is 405 g/mol. The zero-order chi connectivity index (χ0) is 21.6. The minimum atomic E-state index is -0.401. The summed E-state index contributed by atoms with van der Waals surface area (Å²) in [6.45, 7) is 4.11. The molecule has 0 atom stereocenters. The van der Waals surface area contributed by atoms with Crippen LogP contribution in [0.25, 0.3) is 0 Å². The van der Waals surface area contributed by atoms with Gasteiger partial charge >= 0.3 is 5.97 Å². The number of esters is 1. The number of anilines is 1. The molecule has 1 aromatic carbocycles. The monoisotopic (exact) mass is 405 g/mol. The molecule has 29 heavy (non-hydrogen) atoms. The fourth-order valence-corrected chi connectivity index (χ4v) is 2.54. The van der Waals surface area contributed by atoms with Gasteiger partial charge in [0.05, 0.1) is 20.2 Å². The van der Waals surface area contributed by atoms with Gasteiger partial charge in [0.25, 0.3) is 0 Å². The van der Waals surface area contributed by atoms with Gasteiger partial charge in [-0.1, -0.05) is 31.0 Å². The minimum Gasteiger partial charge on any atom is -0.469 e. The standard InChI is InChI=1S/C21H31N3O5/c1-4-5-13-24(20(27)7-6-8-21(28)29-3)15-19(26)22-14-18(25)23-17-11-9-16(2)10-12-17/h9-12H,4-8,13-15H2,1-3H3,(H,22,26)(H,23,25). The smallest absolute Gasteiger partial charge is 0.305 e. The number of amides is 3. The van der Waals surface area contributed by atoms with Gasteiger partial charge in [-0.15, -0.1) is 0 Å². The highest BCUT2D eigenvalue weighted by atomic mass is 16.5. The quantitative estimate of drug-likeness (QED) is 0.518. The maximum absolute atomic E-state index is 12.4. The Balaban J connectivity index is 2.45. The van der Waals surface area contributed by atoms with Crippen LogP contribution in [0.3, 0.4) is 0 Å². The van der Waals surface area contributed by atoms with Gasteiger partial charge < -0.3 is 20.3 Å². The SMILES string of the molecule is CCCCN(CC(=O)NCC(=O)Nc1ccc(C)cc1)C(=O)CCCC(=O)OC. The lowest BCUT2D eigenvalue weighted by Gasteiger charge is -2.22. The molecule has 0 saturated heterocycles. The Kier molecular flexibility index (Phi) is 11.1. The van der Waals surface area contributed by atoms with Crippen molar-refractivity contribution in [2.45, 2.75) is 46.0 Å². The molecule has 0 aliphatic heterocycles. The summed E-state index contributed by atoms with van der Waals surface area (Å²) in [7, 11) is 1.30. The molecular formula is C21H31N3O5. The van der Waals surface area contributed by atoms with Crippen molar-refractivity contribution < 1.29 is 23.9 Å². The lowest BCUT2D eigenvalue weighted by Crippen LogP contribution is -2.43. The molecule has 0 fully saturated rings. The molecule has 1 aromatic rings. The van der Waals surface area contributed by atoms with E-state index in [1.54, 1.807) is 12.1 Å². The Labute approximate surface area is 172 Å². The molecule has 0 radical (unpaired) electrons. The second kappa shape index (κ2) is 13.3. The number of unbranched alkanes of at least 4 members (excludes halogenated alkanes) is 1. The van der Waals surface area contributed by atoms with Crippen LogP contribution in [-0.2, 0) is 23.9 Å². The maximum atomic E-state index is 12.4. The third kappa shape index (κ3) is 10.3. The average Bonchev–Trinajstić information content (AvgIpc) is 2.70. The number of nitrogens with zero attached hydrogens (tertiary/aromatic N) is 1. The van der Waals surface area contributed by atoms with Crippen molar-refractivity contribution in [1.29, 1.82) is 0 Å². The molecule has 0 saturated carbocycles. The molecule has 8 heteroatoms. The Morgan fingerprint density at radius 3 is 2.31 bits per heavy atom. The van der Waals surface area contributed by atoms with Crippen LogP contribution in [0.5, 0.6) is 0 Å². The molecule has 0 unspecified atom stereocenters. The molecule has 0 aromatic heterocycles. The topological polar surface area (TPSA) is 105 Å². The number of methoxy groups -OCH3 is 1. The lowest BCUT2D eigenvalue weighted by atomic mass is 10.2. The highest BCUT2D eigenvalue weighted by molar-refractivity contribution is 5.95. The molecule has 1 rings (SSSR count). The molecule has 0 bridgehead atoms. The van der Waals surface area contributed by atoms with Crippen LogP contribution >= 0.6 is 0 Å². The first-order valence-electron chi connectivity index (χ1n) is 9.83. The molecule has 160 valence electrons. The van der Waals surface area contributed by atoms with E-state index >= 15 is 0 Å². The van der Waals surface area contributed by atoms with Crippen LogP contribution < -0.4 is 10.6 Å². The van der Waals surface area contributed by atoms with Crippen molar-refractivity contribution in [3.63, 3.8) is 0 Å². The first kappa shape index (κ1) is 24.1. The predicted molar refractivity (Wildman–Crippen MR) is 110 cm³/mol. The molecule has 0 aliphatic rings. The van der Waals surface area contributed by atoms with E-state index in [1.165, 1.54) is 12.0 Å². The van der Waals surface area contributed by atoms with Crippen molar-refractivity contribution >= 4 is 29.4 Å². The van der Waals surface area contributed by atoms with Gasteiger partial charge in [-0.2, -0.15) is 0 Å². The number of benzene rings is 1. The minimum absolute atomic E-state index is 0.116. The van der Waals surface area contributed by atoms with Crippen molar-refractivity contribution in [2.75, 3.05) is 32.1 Å². The van der Waals surface area contributed by atoms with Crippen molar-refractivity contribution in [1.82, 2.24) is 10.2 Å². The summed E-state index contributed by atoms with van der Waals surface area (Å²) in [5.41, 5.74) is 1.74. The molecule has 0 aliphatic carbocycles. The van der Waals surface area contributed by atoms with Crippen molar-refractivity contribution in [3.8, 4) is 0 Å². The Hall–Kier alpha value is -2.90. The summed E-state index contributed by atoms with van der Waals surface area (Å²) >= 11 is 0. The van der Waals surface area contributed by atoms with E-state index in [-0.39, 0.29) is 43.7 Å². The zero-order valence-electron chi connectivity index (χ0n) is 17.5. The number of carbonyl (C=O) groups is 4. The zero-order valence-corrected chi connectivity index (χ0v) is 17.5. The van der Waals surface area contributed by atoms with E-state index in [9.17, 15) is 19.2 Å². The van der Waals surface area contributed by atoms with Gasteiger partial charge in [0.1, 0.15) is 0 Å².